The summed E-state index contributed by atoms with van der Waals surface area (Å²) in [6.07, 6.45) is 4.34. The Kier molecular flexibility index (Phi) is 5.80. The zero-order valence-corrected chi connectivity index (χ0v) is 16.7. The average Bonchev–Trinajstić information content (AvgIpc) is 3.04. The van der Waals surface area contributed by atoms with Crippen molar-refractivity contribution in [2.75, 3.05) is 32.7 Å². The Morgan fingerprint density at radius 1 is 1.15 bits per heavy atom. The van der Waals surface area contributed by atoms with Crippen LogP contribution in [0.4, 0.5) is 0 Å². The molecule has 5 heteroatoms. The minimum absolute atomic E-state index is 0.0400. The fraction of sp³-hybridized carbons (Fsp3) is 0.455. The predicted molar refractivity (Wildman–Crippen MR) is 108 cm³/mol. The monoisotopic (exact) mass is 367 g/mol. The van der Waals surface area contributed by atoms with Gasteiger partial charge in [0.2, 0.25) is 0 Å². The summed E-state index contributed by atoms with van der Waals surface area (Å²) in [5.41, 5.74) is 2.38. The van der Waals surface area contributed by atoms with E-state index in [1.807, 2.05) is 30.0 Å². The van der Waals surface area contributed by atoms with Crippen LogP contribution in [0.1, 0.15) is 48.1 Å². The third-order valence-electron chi connectivity index (χ3n) is 4.92. The van der Waals surface area contributed by atoms with Crippen LogP contribution in [0.25, 0.3) is 6.08 Å². The maximum Gasteiger partial charge on any atom is 0.259 e. The van der Waals surface area contributed by atoms with E-state index in [-0.39, 0.29) is 11.3 Å². The summed E-state index contributed by atoms with van der Waals surface area (Å²) in [4.78, 5) is 17.3. The molecule has 3 rings (SSSR count). The third kappa shape index (κ3) is 4.66. The highest BCUT2D eigenvalue weighted by Crippen LogP contribution is 2.28. The van der Waals surface area contributed by atoms with Gasteiger partial charge in [0.05, 0.1) is 0 Å². The van der Waals surface area contributed by atoms with Crippen molar-refractivity contribution in [1.82, 2.24) is 15.0 Å². The molecular formula is C22H29N3O2. The second-order valence-electron chi connectivity index (χ2n) is 8.12. The highest BCUT2D eigenvalue weighted by molar-refractivity contribution is 5.96. The molecule has 0 saturated carbocycles. The molecular weight excluding hydrogens is 338 g/mol. The Hall–Kier alpha value is -2.40. The van der Waals surface area contributed by atoms with Gasteiger partial charge < -0.3 is 9.42 Å². The molecule has 1 aliphatic rings. The first kappa shape index (κ1) is 19.4. The van der Waals surface area contributed by atoms with Crippen LogP contribution < -0.4 is 0 Å². The minimum Gasteiger partial charge on any atom is -0.361 e. The lowest BCUT2D eigenvalue weighted by molar-refractivity contribution is 0.0646. The van der Waals surface area contributed by atoms with Crippen LogP contribution in [0.15, 0.2) is 40.9 Å². The quantitative estimate of drug-likeness (QED) is 0.826. The maximum absolute atomic E-state index is 13.0. The van der Waals surface area contributed by atoms with Crippen molar-refractivity contribution in [3.63, 3.8) is 0 Å². The van der Waals surface area contributed by atoms with Gasteiger partial charge in [-0.15, -0.1) is 0 Å². The molecule has 27 heavy (non-hydrogen) atoms. The van der Waals surface area contributed by atoms with Gasteiger partial charge in [-0.1, -0.05) is 68.4 Å². The van der Waals surface area contributed by atoms with Gasteiger partial charge in [0.25, 0.3) is 5.91 Å². The number of benzene rings is 1. The van der Waals surface area contributed by atoms with Crippen LogP contribution in [-0.4, -0.2) is 53.6 Å². The topological polar surface area (TPSA) is 49.6 Å². The fourth-order valence-corrected chi connectivity index (χ4v) is 3.33. The number of carbonyl (C=O) groups is 1. The number of carbonyl (C=O) groups excluding carboxylic acids is 1. The number of rotatable bonds is 4. The smallest absolute Gasteiger partial charge is 0.259 e. The van der Waals surface area contributed by atoms with Crippen molar-refractivity contribution in [1.29, 1.82) is 0 Å². The van der Waals surface area contributed by atoms with Crippen molar-refractivity contribution in [2.24, 2.45) is 0 Å². The molecule has 0 N–H and O–H groups in total. The standard InChI is InChI=1S/C22H29N3O2/c1-17-19(20(23-27-17)22(2,3)4)21(26)25-15-13-24(14-16-25)12-8-11-18-9-6-5-7-10-18/h5-11H,12-16H2,1-4H3/b11-8+. The van der Waals surface area contributed by atoms with E-state index in [9.17, 15) is 4.79 Å². The van der Waals surface area contributed by atoms with Gasteiger partial charge in [-0.05, 0) is 12.5 Å². The van der Waals surface area contributed by atoms with Crippen LogP contribution in [0, 0.1) is 6.92 Å². The first-order chi connectivity index (χ1) is 12.9. The number of amides is 1. The molecule has 1 aromatic carbocycles. The number of nitrogens with zero attached hydrogens (tertiary/aromatic N) is 3. The summed E-state index contributed by atoms with van der Waals surface area (Å²) in [6, 6.07) is 10.3. The highest BCUT2D eigenvalue weighted by atomic mass is 16.5. The molecule has 0 atom stereocenters. The molecule has 2 aromatic rings. The van der Waals surface area contributed by atoms with Crippen LogP contribution in [0.2, 0.25) is 0 Å². The van der Waals surface area contributed by atoms with Crippen LogP contribution in [0.5, 0.6) is 0 Å². The van der Waals surface area contributed by atoms with Crippen LogP contribution in [-0.2, 0) is 5.41 Å². The molecule has 0 aliphatic carbocycles. The molecule has 5 nitrogen and oxygen atoms in total. The molecule has 1 amide bonds. The number of hydrogen-bond acceptors (Lipinski definition) is 4. The molecule has 1 aromatic heterocycles. The van der Waals surface area contributed by atoms with Crippen LogP contribution >= 0.6 is 0 Å². The van der Waals surface area contributed by atoms with E-state index >= 15 is 0 Å². The minimum atomic E-state index is -0.215. The lowest BCUT2D eigenvalue weighted by atomic mass is 9.88. The number of hydrogen-bond donors (Lipinski definition) is 0. The van der Waals surface area contributed by atoms with Crippen molar-refractivity contribution in [2.45, 2.75) is 33.1 Å². The van der Waals surface area contributed by atoms with E-state index in [1.54, 1.807) is 0 Å². The SMILES string of the molecule is Cc1onc(C(C)(C)C)c1C(=O)N1CCN(C/C=C/c2ccccc2)CC1. The Morgan fingerprint density at radius 2 is 1.81 bits per heavy atom. The summed E-state index contributed by atoms with van der Waals surface area (Å²) in [6.45, 7) is 12.1. The zero-order chi connectivity index (χ0) is 19.4. The molecule has 0 radical (unpaired) electrons. The van der Waals surface area contributed by atoms with E-state index in [0.717, 1.165) is 38.4 Å². The molecule has 0 spiro atoms. The molecule has 0 bridgehead atoms. The summed E-state index contributed by atoms with van der Waals surface area (Å²) < 4.78 is 5.33. The highest BCUT2D eigenvalue weighted by Gasteiger charge is 2.32. The number of aryl methyl sites for hydroxylation is 1. The largest absolute Gasteiger partial charge is 0.361 e. The van der Waals surface area contributed by atoms with E-state index in [4.69, 9.17) is 4.52 Å². The van der Waals surface area contributed by atoms with E-state index in [0.29, 0.717) is 11.3 Å². The Bertz CT molecular complexity index is 795. The second kappa shape index (κ2) is 8.09. The van der Waals surface area contributed by atoms with Crippen molar-refractivity contribution >= 4 is 12.0 Å². The number of piperazine rings is 1. The summed E-state index contributed by atoms with van der Waals surface area (Å²) in [5.74, 6) is 0.649. The van der Waals surface area contributed by atoms with Crippen molar-refractivity contribution in [3.8, 4) is 0 Å². The summed E-state index contributed by atoms with van der Waals surface area (Å²) >= 11 is 0. The normalized spacial score (nSPS) is 16.2. The summed E-state index contributed by atoms with van der Waals surface area (Å²) in [7, 11) is 0. The Labute approximate surface area is 161 Å². The van der Waals surface area contributed by atoms with Gasteiger partial charge in [0.15, 0.2) is 0 Å². The van der Waals surface area contributed by atoms with Crippen LogP contribution in [0.3, 0.4) is 0 Å². The van der Waals surface area contributed by atoms with Gasteiger partial charge in [0.1, 0.15) is 17.0 Å². The van der Waals surface area contributed by atoms with E-state index in [1.165, 1.54) is 5.56 Å². The lowest BCUT2D eigenvalue weighted by Crippen LogP contribution is -2.49. The average molecular weight is 367 g/mol. The van der Waals surface area contributed by atoms with Gasteiger partial charge in [-0.25, -0.2) is 0 Å². The van der Waals surface area contributed by atoms with E-state index in [2.05, 4.69) is 55.1 Å². The molecule has 0 unspecified atom stereocenters. The molecule has 2 heterocycles. The molecule has 144 valence electrons. The third-order valence-corrected chi connectivity index (χ3v) is 4.92. The van der Waals surface area contributed by atoms with Gasteiger partial charge in [-0.2, -0.15) is 0 Å². The predicted octanol–water partition coefficient (Wildman–Crippen LogP) is 3.75. The molecule has 1 fully saturated rings. The maximum atomic E-state index is 13.0. The molecule has 1 aliphatic heterocycles. The van der Waals surface area contributed by atoms with Crippen molar-refractivity contribution in [3.05, 3.63) is 59.0 Å². The Morgan fingerprint density at radius 3 is 2.44 bits per heavy atom. The fourth-order valence-electron chi connectivity index (χ4n) is 3.33. The second-order valence-corrected chi connectivity index (χ2v) is 8.12. The Balaban J connectivity index is 1.57. The van der Waals surface area contributed by atoms with Crippen molar-refractivity contribution < 1.29 is 9.32 Å². The molecule has 1 saturated heterocycles. The first-order valence-electron chi connectivity index (χ1n) is 9.56. The van der Waals surface area contributed by atoms with Gasteiger partial charge >= 0.3 is 0 Å². The number of aromatic nitrogens is 1. The summed E-state index contributed by atoms with van der Waals surface area (Å²) in [5, 5.41) is 4.15. The van der Waals surface area contributed by atoms with Gasteiger partial charge in [-0.3, -0.25) is 9.69 Å². The lowest BCUT2D eigenvalue weighted by Gasteiger charge is -2.34. The zero-order valence-electron chi connectivity index (χ0n) is 16.7. The van der Waals surface area contributed by atoms with Gasteiger partial charge in [0, 0.05) is 38.1 Å². The van der Waals surface area contributed by atoms with E-state index < -0.39 is 0 Å². The first-order valence-corrected chi connectivity index (χ1v) is 9.56.